The molecule has 3 N–H and O–H groups in total. The van der Waals surface area contributed by atoms with Gasteiger partial charge < -0.3 is 10.4 Å². The second kappa shape index (κ2) is 3.65. The molecule has 1 atom stereocenters. The Kier molecular flexibility index (Phi) is 2.58. The highest BCUT2D eigenvalue weighted by atomic mass is 16.4. The number of carbonyl (C=O) groups is 2. The maximum absolute atomic E-state index is 11.1. The van der Waals surface area contributed by atoms with Crippen molar-refractivity contribution in [3.8, 4) is 0 Å². The van der Waals surface area contributed by atoms with E-state index >= 15 is 0 Å². The van der Waals surface area contributed by atoms with Crippen molar-refractivity contribution < 1.29 is 14.7 Å². The van der Waals surface area contributed by atoms with Crippen molar-refractivity contribution in [3.05, 3.63) is 12.2 Å². The van der Waals surface area contributed by atoms with Crippen LogP contribution in [-0.4, -0.2) is 38.2 Å². The highest BCUT2D eigenvalue weighted by molar-refractivity contribution is 5.93. The Hall–Kier alpha value is -1.92. The van der Waals surface area contributed by atoms with Crippen LogP contribution in [0.2, 0.25) is 0 Å². The fourth-order valence-corrected chi connectivity index (χ4v) is 0.642. The number of aromatic amines is 1. The van der Waals surface area contributed by atoms with Gasteiger partial charge in [-0.15, -0.1) is 0 Å². The summed E-state index contributed by atoms with van der Waals surface area (Å²) in [5.74, 6) is -1.70. The zero-order valence-electron chi connectivity index (χ0n) is 6.81. The fourth-order valence-electron chi connectivity index (χ4n) is 0.642. The van der Waals surface area contributed by atoms with Crippen LogP contribution in [0, 0.1) is 0 Å². The number of amides is 1. The fraction of sp³-hybridized carbons (Fsp3) is 0.333. The zero-order valence-corrected chi connectivity index (χ0v) is 6.81. The Bertz CT molecular complexity index is 308. The van der Waals surface area contributed by atoms with Gasteiger partial charge in [-0.25, -0.2) is 4.98 Å². The number of aliphatic carboxylic acids is 1. The summed E-state index contributed by atoms with van der Waals surface area (Å²) in [4.78, 5) is 25.0. The summed E-state index contributed by atoms with van der Waals surface area (Å²) in [7, 11) is 0. The number of nitrogens with one attached hydrogen (secondary N) is 2. The Morgan fingerprint density at radius 3 is 2.85 bits per heavy atom. The van der Waals surface area contributed by atoms with Crippen LogP contribution >= 0.6 is 0 Å². The number of rotatable bonds is 3. The molecule has 1 aromatic rings. The van der Waals surface area contributed by atoms with Gasteiger partial charge in [-0.3, -0.25) is 14.7 Å². The topological polar surface area (TPSA) is 108 Å². The molecule has 1 rings (SSSR count). The van der Waals surface area contributed by atoms with E-state index in [0.29, 0.717) is 0 Å². The van der Waals surface area contributed by atoms with E-state index in [1.54, 1.807) is 0 Å². The minimum absolute atomic E-state index is 0.00639. The summed E-state index contributed by atoms with van der Waals surface area (Å²) in [6, 6.07) is -0.947. The van der Waals surface area contributed by atoms with Gasteiger partial charge in [-0.1, -0.05) is 0 Å². The number of carboxylic acid groups (broad SMARTS) is 1. The molecule has 7 nitrogen and oxygen atoms in total. The lowest BCUT2D eigenvalue weighted by Gasteiger charge is -2.06. The molecule has 0 bridgehead atoms. The zero-order chi connectivity index (χ0) is 9.84. The molecular formula is C6H8N4O3. The van der Waals surface area contributed by atoms with Crippen LogP contribution < -0.4 is 5.32 Å². The normalized spacial score (nSPS) is 12.1. The lowest BCUT2D eigenvalue weighted by Crippen LogP contribution is -2.38. The standard InChI is InChI=1S/C6H8N4O3/c1-3(6(12)13)9-5(11)4-7-2-8-10-4/h2-3H,1H3,(H,9,11)(H,12,13)(H,7,8,10)/t3-/m0/s1. The van der Waals surface area contributed by atoms with E-state index in [9.17, 15) is 9.59 Å². The summed E-state index contributed by atoms with van der Waals surface area (Å²) >= 11 is 0. The Morgan fingerprint density at radius 1 is 1.69 bits per heavy atom. The van der Waals surface area contributed by atoms with Gasteiger partial charge >= 0.3 is 5.97 Å². The van der Waals surface area contributed by atoms with Gasteiger partial charge in [0.2, 0.25) is 5.82 Å². The molecule has 1 amide bonds. The largest absolute Gasteiger partial charge is 0.480 e. The monoisotopic (exact) mass is 184 g/mol. The molecule has 0 aliphatic rings. The molecule has 0 aliphatic heterocycles. The van der Waals surface area contributed by atoms with Crippen LogP contribution in [0.5, 0.6) is 0 Å². The average molecular weight is 184 g/mol. The molecule has 0 aliphatic carbocycles. The molecule has 13 heavy (non-hydrogen) atoms. The highest BCUT2D eigenvalue weighted by Gasteiger charge is 2.16. The van der Waals surface area contributed by atoms with E-state index in [1.165, 1.54) is 13.3 Å². The minimum atomic E-state index is -1.10. The molecule has 0 saturated heterocycles. The van der Waals surface area contributed by atoms with Crippen LogP contribution in [0.15, 0.2) is 6.33 Å². The van der Waals surface area contributed by atoms with Gasteiger partial charge in [0.05, 0.1) is 0 Å². The summed E-state index contributed by atoms with van der Waals surface area (Å²) in [5, 5.41) is 16.4. The molecule has 0 saturated carbocycles. The molecule has 0 aromatic carbocycles. The predicted molar refractivity (Wildman–Crippen MR) is 40.9 cm³/mol. The van der Waals surface area contributed by atoms with Crippen molar-refractivity contribution >= 4 is 11.9 Å². The molecule has 0 unspecified atom stereocenters. The molecule has 70 valence electrons. The van der Waals surface area contributed by atoms with Gasteiger partial charge in [-0.2, -0.15) is 5.10 Å². The Labute approximate surface area is 73.2 Å². The van der Waals surface area contributed by atoms with Crippen molar-refractivity contribution in [3.63, 3.8) is 0 Å². The van der Waals surface area contributed by atoms with Crippen LogP contribution in [0.4, 0.5) is 0 Å². The van der Waals surface area contributed by atoms with E-state index in [4.69, 9.17) is 5.11 Å². The van der Waals surface area contributed by atoms with Gasteiger partial charge in [-0.05, 0) is 6.92 Å². The van der Waals surface area contributed by atoms with E-state index in [1.807, 2.05) is 0 Å². The van der Waals surface area contributed by atoms with Gasteiger partial charge in [0.1, 0.15) is 12.4 Å². The summed E-state index contributed by atoms with van der Waals surface area (Å²) in [6.07, 6.45) is 1.17. The van der Waals surface area contributed by atoms with Crippen LogP contribution in [-0.2, 0) is 4.79 Å². The van der Waals surface area contributed by atoms with Crippen molar-refractivity contribution in [2.75, 3.05) is 0 Å². The van der Waals surface area contributed by atoms with E-state index in [0.717, 1.165) is 0 Å². The van der Waals surface area contributed by atoms with Crippen molar-refractivity contribution in [2.45, 2.75) is 13.0 Å². The first-order valence-electron chi connectivity index (χ1n) is 3.50. The smallest absolute Gasteiger partial charge is 0.325 e. The van der Waals surface area contributed by atoms with E-state index in [2.05, 4.69) is 20.5 Å². The average Bonchev–Trinajstić information content (AvgIpc) is 2.55. The van der Waals surface area contributed by atoms with Crippen LogP contribution in [0.25, 0.3) is 0 Å². The van der Waals surface area contributed by atoms with Crippen LogP contribution in [0.3, 0.4) is 0 Å². The number of aromatic nitrogens is 3. The Morgan fingerprint density at radius 2 is 2.38 bits per heavy atom. The van der Waals surface area contributed by atoms with Crippen molar-refractivity contribution in [1.82, 2.24) is 20.5 Å². The van der Waals surface area contributed by atoms with Gasteiger partial charge in [0.15, 0.2) is 0 Å². The lowest BCUT2D eigenvalue weighted by atomic mass is 10.3. The molecule has 1 aromatic heterocycles. The molecule has 0 fully saturated rings. The predicted octanol–water partition coefficient (Wildman–Crippen LogP) is -0.992. The molecule has 7 heteroatoms. The van der Waals surface area contributed by atoms with Crippen molar-refractivity contribution in [2.24, 2.45) is 0 Å². The molecule has 0 radical (unpaired) electrons. The Balaban J connectivity index is 2.56. The third kappa shape index (κ3) is 2.26. The summed E-state index contributed by atoms with van der Waals surface area (Å²) < 4.78 is 0. The first-order valence-corrected chi connectivity index (χ1v) is 3.50. The molecule has 1 heterocycles. The van der Waals surface area contributed by atoms with E-state index in [-0.39, 0.29) is 5.82 Å². The minimum Gasteiger partial charge on any atom is -0.480 e. The first-order chi connectivity index (χ1) is 6.11. The third-order valence-electron chi connectivity index (χ3n) is 1.35. The number of carboxylic acids is 1. The first kappa shape index (κ1) is 9.17. The summed E-state index contributed by atoms with van der Waals surface area (Å²) in [6.45, 7) is 1.36. The number of hydrogen-bond donors (Lipinski definition) is 3. The maximum Gasteiger partial charge on any atom is 0.325 e. The number of hydrogen-bond acceptors (Lipinski definition) is 4. The van der Waals surface area contributed by atoms with Gasteiger partial charge in [0.25, 0.3) is 5.91 Å². The second-order valence-corrected chi connectivity index (χ2v) is 2.37. The van der Waals surface area contributed by atoms with Crippen molar-refractivity contribution in [1.29, 1.82) is 0 Å². The number of H-pyrrole nitrogens is 1. The lowest BCUT2D eigenvalue weighted by molar-refractivity contribution is -0.138. The van der Waals surface area contributed by atoms with Crippen LogP contribution in [0.1, 0.15) is 17.5 Å². The second-order valence-electron chi connectivity index (χ2n) is 2.37. The highest BCUT2D eigenvalue weighted by Crippen LogP contribution is 1.88. The quantitative estimate of drug-likeness (QED) is 0.558. The SMILES string of the molecule is C[C@H](NC(=O)c1ncn[nH]1)C(=O)O. The number of nitrogens with zero attached hydrogens (tertiary/aromatic N) is 2. The van der Waals surface area contributed by atoms with Gasteiger partial charge in [0, 0.05) is 0 Å². The van der Waals surface area contributed by atoms with E-state index < -0.39 is 17.9 Å². The molecule has 0 spiro atoms. The third-order valence-corrected chi connectivity index (χ3v) is 1.35. The number of carbonyl (C=O) groups excluding carboxylic acids is 1. The molecular weight excluding hydrogens is 176 g/mol. The maximum atomic E-state index is 11.1. The summed E-state index contributed by atoms with van der Waals surface area (Å²) in [5.41, 5.74) is 0.